The van der Waals surface area contributed by atoms with E-state index in [0.717, 1.165) is 12.1 Å². The van der Waals surface area contributed by atoms with Crippen LogP contribution in [0.3, 0.4) is 0 Å². The first-order chi connectivity index (χ1) is 14.4. The van der Waals surface area contributed by atoms with Crippen LogP contribution in [0.4, 0.5) is 0 Å². The van der Waals surface area contributed by atoms with E-state index in [-0.39, 0.29) is 54.8 Å². The van der Waals surface area contributed by atoms with E-state index in [4.69, 9.17) is 28.4 Å². The first kappa shape index (κ1) is 20.3. The van der Waals surface area contributed by atoms with Crippen molar-refractivity contribution in [1.29, 1.82) is 0 Å². The summed E-state index contributed by atoms with van der Waals surface area (Å²) in [5, 5.41) is 9.52. The molecule has 0 amide bonds. The standard InChI is InChI=1S/C19H18O11/c20-16(21)12-1-14(18(23)29-7-10-4-26-10)15(19(24)30-8-11-5-27-11)2-13(12)17(22)28-6-9-3-25-9/h1-2,9-11H,3-8H2,(H,20,21). The van der Waals surface area contributed by atoms with Crippen molar-refractivity contribution in [3.63, 3.8) is 0 Å². The summed E-state index contributed by atoms with van der Waals surface area (Å²) in [5.74, 6) is -4.30. The molecule has 0 spiro atoms. The van der Waals surface area contributed by atoms with E-state index in [0.29, 0.717) is 19.8 Å². The highest BCUT2D eigenvalue weighted by molar-refractivity contribution is 6.10. The third-order valence-electron chi connectivity index (χ3n) is 4.46. The summed E-state index contributed by atoms with van der Waals surface area (Å²) in [5.41, 5.74) is -1.54. The number of aromatic carboxylic acids is 1. The summed E-state index contributed by atoms with van der Waals surface area (Å²) in [6.07, 6.45) is -0.684. The molecule has 3 unspecified atom stereocenters. The van der Waals surface area contributed by atoms with Crippen LogP contribution in [-0.4, -0.2) is 86.9 Å². The van der Waals surface area contributed by atoms with E-state index < -0.39 is 29.4 Å². The number of carbonyl (C=O) groups is 4. The second-order valence-electron chi connectivity index (χ2n) is 6.91. The Bertz CT molecular complexity index is 881. The summed E-state index contributed by atoms with van der Waals surface area (Å²) in [6, 6.07) is 1.88. The molecule has 3 saturated heterocycles. The van der Waals surface area contributed by atoms with Gasteiger partial charge in [-0.15, -0.1) is 0 Å². The van der Waals surface area contributed by atoms with Crippen molar-refractivity contribution < 1.29 is 52.7 Å². The molecule has 4 rings (SSSR count). The van der Waals surface area contributed by atoms with Gasteiger partial charge in [-0.2, -0.15) is 0 Å². The van der Waals surface area contributed by atoms with Crippen molar-refractivity contribution in [2.75, 3.05) is 39.6 Å². The fourth-order valence-electron chi connectivity index (χ4n) is 2.52. The first-order valence-corrected chi connectivity index (χ1v) is 9.20. The van der Waals surface area contributed by atoms with E-state index in [1.54, 1.807) is 0 Å². The molecule has 11 heteroatoms. The van der Waals surface area contributed by atoms with Gasteiger partial charge in [0, 0.05) is 0 Å². The lowest BCUT2D eigenvalue weighted by molar-refractivity contribution is 0.0426. The zero-order valence-electron chi connectivity index (χ0n) is 15.7. The van der Waals surface area contributed by atoms with Gasteiger partial charge in [0.05, 0.1) is 42.1 Å². The molecule has 1 aromatic carbocycles. The van der Waals surface area contributed by atoms with Crippen molar-refractivity contribution in [3.8, 4) is 0 Å². The first-order valence-electron chi connectivity index (χ1n) is 9.20. The molecule has 0 saturated carbocycles. The van der Waals surface area contributed by atoms with Crippen LogP contribution in [0.15, 0.2) is 12.1 Å². The van der Waals surface area contributed by atoms with Crippen LogP contribution in [0, 0.1) is 0 Å². The number of esters is 3. The van der Waals surface area contributed by atoms with Gasteiger partial charge < -0.3 is 33.5 Å². The zero-order valence-corrected chi connectivity index (χ0v) is 15.7. The number of epoxide rings is 3. The third-order valence-corrected chi connectivity index (χ3v) is 4.46. The highest BCUT2D eigenvalue weighted by atomic mass is 16.6. The monoisotopic (exact) mass is 422 g/mol. The Morgan fingerprint density at radius 2 is 1.00 bits per heavy atom. The minimum atomic E-state index is -1.48. The molecule has 3 heterocycles. The van der Waals surface area contributed by atoms with Gasteiger partial charge >= 0.3 is 23.9 Å². The van der Waals surface area contributed by atoms with Gasteiger partial charge in [0.15, 0.2) is 0 Å². The fraction of sp³-hybridized carbons (Fsp3) is 0.474. The maximum Gasteiger partial charge on any atom is 0.339 e. The number of hydrogen-bond donors (Lipinski definition) is 1. The van der Waals surface area contributed by atoms with Gasteiger partial charge in [-0.25, -0.2) is 19.2 Å². The highest BCUT2D eigenvalue weighted by Crippen LogP contribution is 2.23. The summed E-state index contributed by atoms with van der Waals surface area (Å²) >= 11 is 0. The molecular weight excluding hydrogens is 404 g/mol. The molecule has 0 aliphatic carbocycles. The maximum atomic E-state index is 12.6. The molecule has 3 aliphatic rings. The van der Waals surface area contributed by atoms with Crippen LogP contribution in [0.5, 0.6) is 0 Å². The normalized spacial score (nSPS) is 23.3. The third kappa shape index (κ3) is 5.12. The molecule has 1 N–H and O–H groups in total. The van der Waals surface area contributed by atoms with Crippen molar-refractivity contribution in [3.05, 3.63) is 34.4 Å². The predicted molar refractivity (Wildman–Crippen MR) is 93.5 cm³/mol. The van der Waals surface area contributed by atoms with E-state index in [9.17, 15) is 24.3 Å². The van der Waals surface area contributed by atoms with E-state index >= 15 is 0 Å². The average molecular weight is 422 g/mol. The molecule has 3 atom stereocenters. The molecule has 0 aromatic heterocycles. The van der Waals surface area contributed by atoms with Crippen molar-refractivity contribution in [1.82, 2.24) is 0 Å². The Morgan fingerprint density at radius 1 is 0.700 bits per heavy atom. The van der Waals surface area contributed by atoms with Gasteiger partial charge in [0.1, 0.15) is 38.1 Å². The van der Waals surface area contributed by atoms with E-state index in [1.807, 2.05) is 0 Å². The van der Waals surface area contributed by atoms with Crippen molar-refractivity contribution in [2.45, 2.75) is 18.3 Å². The van der Waals surface area contributed by atoms with Crippen LogP contribution in [0.1, 0.15) is 41.4 Å². The SMILES string of the molecule is O=C(O)c1cc(C(=O)OCC2CO2)c(C(=O)OCC2CO2)cc1C(=O)OCC1CO1. The quantitative estimate of drug-likeness (QED) is 0.309. The van der Waals surface area contributed by atoms with Crippen molar-refractivity contribution in [2.24, 2.45) is 0 Å². The Labute approximate surface area is 169 Å². The van der Waals surface area contributed by atoms with Gasteiger partial charge in [-0.1, -0.05) is 0 Å². The minimum absolute atomic E-state index is 0.0390. The van der Waals surface area contributed by atoms with Crippen molar-refractivity contribution >= 4 is 23.9 Å². The fourth-order valence-corrected chi connectivity index (χ4v) is 2.52. The molecule has 0 radical (unpaired) electrons. The number of carboxylic acid groups (broad SMARTS) is 1. The predicted octanol–water partition coefficient (Wildman–Crippen LogP) is 0.0516. The van der Waals surface area contributed by atoms with Crippen LogP contribution in [0.25, 0.3) is 0 Å². The summed E-state index contributed by atoms with van der Waals surface area (Å²) in [6.45, 7) is 1.19. The van der Waals surface area contributed by atoms with Gasteiger partial charge in [0.2, 0.25) is 0 Å². The Morgan fingerprint density at radius 3 is 1.30 bits per heavy atom. The lowest BCUT2D eigenvalue weighted by atomic mass is 9.98. The van der Waals surface area contributed by atoms with Gasteiger partial charge in [-0.05, 0) is 12.1 Å². The van der Waals surface area contributed by atoms with E-state index in [1.165, 1.54) is 0 Å². The molecule has 160 valence electrons. The smallest absolute Gasteiger partial charge is 0.339 e. The molecule has 3 fully saturated rings. The Balaban J connectivity index is 1.62. The lowest BCUT2D eigenvalue weighted by Crippen LogP contribution is -2.21. The number of hydrogen-bond acceptors (Lipinski definition) is 10. The van der Waals surface area contributed by atoms with E-state index in [2.05, 4.69) is 0 Å². The molecule has 0 bridgehead atoms. The molecule has 3 aliphatic heterocycles. The maximum absolute atomic E-state index is 12.6. The number of carbonyl (C=O) groups excluding carboxylic acids is 3. The summed E-state index contributed by atoms with van der Waals surface area (Å²) < 4.78 is 30.1. The van der Waals surface area contributed by atoms with Crippen LogP contribution >= 0.6 is 0 Å². The zero-order chi connectivity index (χ0) is 21.3. The highest BCUT2D eigenvalue weighted by Gasteiger charge is 2.32. The average Bonchev–Trinajstić information content (AvgIpc) is 3.57. The Hall–Kier alpha value is -3.02. The number of rotatable bonds is 10. The topological polar surface area (TPSA) is 154 Å². The second-order valence-corrected chi connectivity index (χ2v) is 6.91. The minimum Gasteiger partial charge on any atom is -0.478 e. The molecule has 30 heavy (non-hydrogen) atoms. The second kappa shape index (κ2) is 8.38. The summed E-state index contributed by atoms with van der Waals surface area (Å²) in [4.78, 5) is 49.2. The molecule has 1 aromatic rings. The van der Waals surface area contributed by atoms with Crippen LogP contribution in [0.2, 0.25) is 0 Å². The number of carboxylic acids is 1. The number of benzene rings is 1. The summed E-state index contributed by atoms with van der Waals surface area (Å²) in [7, 11) is 0. The van der Waals surface area contributed by atoms with Gasteiger partial charge in [-0.3, -0.25) is 0 Å². The molecule has 11 nitrogen and oxygen atoms in total. The lowest BCUT2D eigenvalue weighted by Gasteiger charge is -2.13. The van der Waals surface area contributed by atoms with Crippen LogP contribution in [-0.2, 0) is 28.4 Å². The molecular formula is C19H18O11. The Kier molecular flexibility index (Phi) is 5.66. The largest absolute Gasteiger partial charge is 0.478 e. The van der Waals surface area contributed by atoms with Gasteiger partial charge in [0.25, 0.3) is 0 Å². The van der Waals surface area contributed by atoms with Crippen LogP contribution < -0.4 is 0 Å². The number of ether oxygens (including phenoxy) is 6.